The van der Waals surface area contributed by atoms with Gasteiger partial charge in [-0.05, 0) is 112 Å². The maximum Gasteiger partial charge on any atom is 0.306 e. The van der Waals surface area contributed by atoms with Crippen molar-refractivity contribution in [2.45, 2.75) is 146 Å². The van der Waals surface area contributed by atoms with E-state index in [0.29, 0.717) is 62.2 Å². The van der Waals surface area contributed by atoms with Crippen LogP contribution in [0, 0.1) is 23.7 Å². The molecular weight excluding hydrogens is 895 g/mol. The Balaban J connectivity index is 0.000000182. The highest BCUT2D eigenvalue weighted by molar-refractivity contribution is 7.89. The van der Waals surface area contributed by atoms with Crippen molar-refractivity contribution < 1.29 is 41.0 Å². The fraction of sp³-hybridized carbons (Fsp3) is 0.673. The lowest BCUT2D eigenvalue weighted by Crippen LogP contribution is -2.43. The Labute approximate surface area is 396 Å². The standard InChI is InChI=1S/C26H38N4O4S.C23H33N3O5S/c1-26(2,3)25-28-22-16-21(6-7-23(22)30(25)17-18-10-14-34-15-11-18)35(32,33)29-12-8-19(9-13-29)24(31)27-20-4-5-20;1-23(2,3)22-24-19-14-18(32(29,30)25-10-6-17(7-11-25)21(27)28)4-5-20(19)26(22)15-16-8-12-31-13-9-16/h6-7,16,18-20H,4-5,8-15,17H2,1-3H3,(H,27,31);4-5,14,16-17H,6-13,15H2,1-3H3,(H,27,28). The molecule has 0 atom stereocenters. The molecule has 0 bridgehead atoms. The quantitative estimate of drug-likeness (QED) is 0.163. The molecule has 4 aromatic rings. The average molecular weight is 966 g/mol. The number of imidazole rings is 2. The number of ether oxygens (including phenoxy) is 2. The van der Waals surface area contributed by atoms with E-state index in [4.69, 9.17) is 19.4 Å². The van der Waals surface area contributed by atoms with E-state index in [2.05, 4.69) is 56.0 Å². The summed E-state index contributed by atoms with van der Waals surface area (Å²) < 4.78 is 71.9. The van der Waals surface area contributed by atoms with Crippen molar-refractivity contribution >= 4 is 54.0 Å². The van der Waals surface area contributed by atoms with Gasteiger partial charge in [0.25, 0.3) is 0 Å². The number of aromatic nitrogens is 4. The van der Waals surface area contributed by atoms with Gasteiger partial charge in [-0.2, -0.15) is 8.61 Å². The number of hydrogen-bond donors (Lipinski definition) is 2. The number of carbonyl (C=O) groups is 2. The van der Waals surface area contributed by atoms with E-state index in [1.54, 1.807) is 24.3 Å². The monoisotopic (exact) mass is 965 g/mol. The third kappa shape index (κ3) is 11.3. The highest BCUT2D eigenvalue weighted by atomic mass is 32.2. The second kappa shape index (κ2) is 19.8. The van der Waals surface area contributed by atoms with Crippen LogP contribution in [-0.4, -0.2) is 120 Å². The lowest BCUT2D eigenvalue weighted by molar-refractivity contribution is -0.143. The Kier molecular flexibility index (Phi) is 14.6. The molecule has 5 aliphatic rings. The largest absolute Gasteiger partial charge is 0.481 e. The van der Waals surface area contributed by atoms with Crippen molar-refractivity contribution in [1.29, 1.82) is 0 Å². The van der Waals surface area contributed by atoms with Crippen LogP contribution in [-0.2, 0) is 63.0 Å². The maximum atomic E-state index is 13.5. The number of rotatable bonds is 11. The van der Waals surface area contributed by atoms with E-state index in [1.807, 2.05) is 12.1 Å². The molecule has 1 saturated carbocycles. The minimum absolute atomic E-state index is 0.0794. The van der Waals surface area contributed by atoms with Crippen LogP contribution >= 0.6 is 0 Å². The molecule has 1 aliphatic carbocycles. The second-order valence-corrected chi connectivity index (χ2v) is 25.4. The molecule has 368 valence electrons. The SMILES string of the molecule is CC(C)(C)c1nc2cc(S(=O)(=O)N3CCC(C(=O)NC4CC4)CC3)ccc2n1CC1CCOCC1.CC(C)(C)c1nc2cc(S(=O)(=O)N3CCC(C(=O)O)CC3)ccc2n1CC1CCOCC1. The number of benzene rings is 2. The summed E-state index contributed by atoms with van der Waals surface area (Å²) in [5.41, 5.74) is 3.00. The number of fused-ring (bicyclic) bond motifs is 2. The molecule has 2 aromatic carbocycles. The minimum atomic E-state index is -3.69. The first-order valence-electron chi connectivity index (χ1n) is 24.4. The van der Waals surface area contributed by atoms with Gasteiger partial charge in [0.1, 0.15) is 11.6 Å². The summed E-state index contributed by atoms with van der Waals surface area (Å²) in [6.07, 6.45) is 8.02. The highest BCUT2D eigenvalue weighted by Gasteiger charge is 2.36. The van der Waals surface area contributed by atoms with Crippen LogP contribution in [0.5, 0.6) is 0 Å². The van der Waals surface area contributed by atoms with Gasteiger partial charge in [0.2, 0.25) is 26.0 Å². The van der Waals surface area contributed by atoms with Gasteiger partial charge in [-0.1, -0.05) is 41.5 Å². The molecule has 5 fully saturated rings. The van der Waals surface area contributed by atoms with Crippen molar-refractivity contribution in [2.75, 3.05) is 52.6 Å². The van der Waals surface area contributed by atoms with Gasteiger partial charge in [-0.25, -0.2) is 26.8 Å². The van der Waals surface area contributed by atoms with Crippen LogP contribution in [0.1, 0.15) is 117 Å². The molecular formula is C49H71N7O9S2. The number of aliphatic carboxylic acids is 1. The number of carboxylic acids is 1. The minimum Gasteiger partial charge on any atom is -0.481 e. The zero-order chi connectivity index (χ0) is 47.9. The third-order valence-electron chi connectivity index (χ3n) is 14.2. The van der Waals surface area contributed by atoms with Crippen LogP contribution in [0.15, 0.2) is 46.2 Å². The molecule has 18 heteroatoms. The fourth-order valence-corrected chi connectivity index (χ4v) is 13.0. The van der Waals surface area contributed by atoms with Crippen molar-refractivity contribution in [3.05, 3.63) is 48.0 Å². The number of sulfonamides is 2. The van der Waals surface area contributed by atoms with Crippen molar-refractivity contribution in [3.8, 4) is 0 Å². The first-order valence-corrected chi connectivity index (χ1v) is 27.3. The van der Waals surface area contributed by atoms with Crippen LogP contribution in [0.4, 0.5) is 0 Å². The predicted octanol–water partition coefficient (Wildman–Crippen LogP) is 6.69. The molecule has 16 nitrogen and oxygen atoms in total. The van der Waals surface area contributed by atoms with Gasteiger partial charge < -0.3 is 29.0 Å². The predicted molar refractivity (Wildman–Crippen MR) is 256 cm³/mol. The molecule has 0 unspecified atom stereocenters. The molecule has 0 spiro atoms. The Bertz CT molecular complexity index is 2630. The lowest BCUT2D eigenvalue weighted by Gasteiger charge is -2.30. The zero-order valence-corrected chi connectivity index (χ0v) is 41.8. The summed E-state index contributed by atoms with van der Waals surface area (Å²) >= 11 is 0. The molecule has 67 heavy (non-hydrogen) atoms. The van der Waals surface area contributed by atoms with E-state index in [-0.39, 0.29) is 45.5 Å². The van der Waals surface area contributed by atoms with Gasteiger partial charge in [-0.3, -0.25) is 9.59 Å². The van der Waals surface area contributed by atoms with E-state index in [0.717, 1.165) is 106 Å². The number of hydrogen-bond acceptors (Lipinski definition) is 10. The number of piperidine rings is 2. The topological polar surface area (TPSA) is 195 Å². The zero-order valence-electron chi connectivity index (χ0n) is 40.2. The number of nitrogens with one attached hydrogen (secondary N) is 1. The summed E-state index contributed by atoms with van der Waals surface area (Å²) in [5.74, 6) is 1.64. The lowest BCUT2D eigenvalue weighted by atomic mass is 9.94. The fourth-order valence-electron chi connectivity index (χ4n) is 9.98. The van der Waals surface area contributed by atoms with Gasteiger partial charge in [0.15, 0.2) is 0 Å². The second-order valence-electron chi connectivity index (χ2n) is 21.5. The summed E-state index contributed by atoms with van der Waals surface area (Å²) in [6.45, 7) is 18.9. The van der Waals surface area contributed by atoms with Crippen LogP contribution in [0.3, 0.4) is 0 Å². The average Bonchev–Trinajstić information content (AvgIpc) is 3.93. The van der Waals surface area contributed by atoms with Crippen molar-refractivity contribution in [2.24, 2.45) is 23.7 Å². The number of nitrogens with zero attached hydrogens (tertiary/aromatic N) is 6. The van der Waals surface area contributed by atoms with E-state index in [9.17, 15) is 31.5 Å². The normalized spacial score (nSPS) is 20.8. The van der Waals surface area contributed by atoms with Crippen LogP contribution in [0.2, 0.25) is 0 Å². The molecule has 6 heterocycles. The number of carboxylic acid groups (broad SMARTS) is 1. The van der Waals surface area contributed by atoms with Gasteiger partial charge in [0, 0.05) is 88.5 Å². The van der Waals surface area contributed by atoms with Gasteiger partial charge in [0.05, 0.1) is 37.8 Å². The molecule has 2 aromatic heterocycles. The Hall–Kier alpha value is -3.94. The van der Waals surface area contributed by atoms with E-state index >= 15 is 0 Å². The first kappa shape index (κ1) is 49.5. The molecule has 2 N–H and O–H groups in total. The maximum absolute atomic E-state index is 13.5. The Morgan fingerprint density at radius 2 is 1.00 bits per heavy atom. The highest BCUT2D eigenvalue weighted by Crippen LogP contribution is 2.34. The van der Waals surface area contributed by atoms with Gasteiger partial charge in [-0.15, -0.1) is 0 Å². The Morgan fingerprint density at radius 1 is 0.612 bits per heavy atom. The summed E-state index contributed by atoms with van der Waals surface area (Å²) in [6, 6.07) is 10.9. The molecule has 1 amide bonds. The third-order valence-corrected chi connectivity index (χ3v) is 18.0. The first-order chi connectivity index (χ1) is 31.7. The summed E-state index contributed by atoms with van der Waals surface area (Å²) in [5, 5.41) is 12.2. The van der Waals surface area contributed by atoms with E-state index in [1.165, 1.54) is 8.61 Å². The molecule has 4 aliphatic heterocycles. The van der Waals surface area contributed by atoms with Crippen molar-refractivity contribution in [1.82, 2.24) is 33.0 Å². The van der Waals surface area contributed by atoms with E-state index < -0.39 is 31.9 Å². The van der Waals surface area contributed by atoms with Crippen molar-refractivity contribution in [3.63, 3.8) is 0 Å². The molecule has 4 saturated heterocycles. The summed E-state index contributed by atoms with van der Waals surface area (Å²) in [4.78, 5) is 33.9. The molecule has 9 rings (SSSR count). The summed E-state index contributed by atoms with van der Waals surface area (Å²) in [7, 11) is -7.34. The Morgan fingerprint density at radius 3 is 1.36 bits per heavy atom. The van der Waals surface area contributed by atoms with Crippen LogP contribution < -0.4 is 5.32 Å². The molecule has 0 radical (unpaired) electrons. The number of amides is 1. The van der Waals surface area contributed by atoms with Gasteiger partial charge >= 0.3 is 5.97 Å². The number of carbonyl (C=O) groups excluding carboxylic acids is 1. The van der Waals surface area contributed by atoms with Crippen LogP contribution in [0.25, 0.3) is 22.1 Å². The smallest absolute Gasteiger partial charge is 0.306 e.